The van der Waals surface area contributed by atoms with Crippen LogP contribution in [-0.4, -0.2) is 19.2 Å². The Balaban J connectivity index is 1.68. The zero-order valence-electron chi connectivity index (χ0n) is 10.4. The number of rotatable bonds is 5. The molecule has 1 saturated carbocycles. The zero-order valence-corrected chi connectivity index (χ0v) is 11.9. The van der Waals surface area contributed by atoms with E-state index < -0.39 is 0 Å². The Labute approximate surface area is 119 Å². The average Bonchev–Trinajstić information content (AvgIpc) is 2.38. The van der Waals surface area contributed by atoms with Crippen LogP contribution < -0.4 is 10.1 Å². The molecule has 2 nitrogen and oxygen atoms in total. The third-order valence-electron chi connectivity index (χ3n) is 3.29. The fraction of sp³-hybridized carbons (Fsp3) is 0.571. The number of benzene rings is 1. The van der Waals surface area contributed by atoms with E-state index in [2.05, 4.69) is 5.32 Å². The molecule has 0 amide bonds. The standard InChI is InChI=1S/C14H19Cl2NO/c15-11-6-7-14(13(16)10-11)18-9-8-17-12-4-2-1-3-5-12/h6-7,10,12,17H,1-5,8-9H2. The zero-order chi connectivity index (χ0) is 12.8. The molecule has 0 spiro atoms. The Morgan fingerprint density at radius 2 is 1.94 bits per heavy atom. The Morgan fingerprint density at radius 3 is 2.67 bits per heavy atom. The van der Waals surface area contributed by atoms with Crippen LogP contribution in [-0.2, 0) is 0 Å². The summed E-state index contributed by atoms with van der Waals surface area (Å²) in [5.41, 5.74) is 0. The predicted molar refractivity (Wildman–Crippen MR) is 76.8 cm³/mol. The van der Waals surface area contributed by atoms with E-state index in [-0.39, 0.29) is 0 Å². The lowest BCUT2D eigenvalue weighted by atomic mass is 9.96. The Kier molecular flexibility index (Phi) is 5.61. The predicted octanol–water partition coefficient (Wildman–Crippen LogP) is 4.29. The van der Waals surface area contributed by atoms with Crippen LogP contribution in [0.3, 0.4) is 0 Å². The second-order valence-electron chi connectivity index (χ2n) is 4.71. The van der Waals surface area contributed by atoms with Crippen molar-refractivity contribution >= 4 is 23.2 Å². The molecule has 1 aliphatic carbocycles. The van der Waals surface area contributed by atoms with Gasteiger partial charge in [-0.3, -0.25) is 0 Å². The van der Waals surface area contributed by atoms with Crippen molar-refractivity contribution in [3.8, 4) is 5.75 Å². The van der Waals surface area contributed by atoms with Gasteiger partial charge in [-0.2, -0.15) is 0 Å². The average molecular weight is 288 g/mol. The van der Waals surface area contributed by atoms with Crippen LogP contribution in [0.1, 0.15) is 32.1 Å². The first-order valence-corrected chi connectivity index (χ1v) is 7.32. The topological polar surface area (TPSA) is 21.3 Å². The van der Waals surface area contributed by atoms with Crippen molar-refractivity contribution in [2.24, 2.45) is 0 Å². The number of hydrogen-bond acceptors (Lipinski definition) is 2. The van der Waals surface area contributed by atoms with Crippen molar-refractivity contribution in [2.75, 3.05) is 13.2 Å². The van der Waals surface area contributed by atoms with Gasteiger partial charge in [-0.15, -0.1) is 0 Å². The van der Waals surface area contributed by atoms with Gasteiger partial charge in [0.1, 0.15) is 12.4 Å². The summed E-state index contributed by atoms with van der Waals surface area (Å²) in [6, 6.07) is 5.97. The number of halogens is 2. The minimum atomic E-state index is 0.570. The van der Waals surface area contributed by atoms with Crippen molar-refractivity contribution in [2.45, 2.75) is 38.1 Å². The molecule has 1 aromatic carbocycles. The molecule has 18 heavy (non-hydrogen) atoms. The first-order valence-electron chi connectivity index (χ1n) is 6.57. The maximum atomic E-state index is 6.03. The lowest BCUT2D eigenvalue weighted by Crippen LogP contribution is -2.34. The van der Waals surface area contributed by atoms with Crippen molar-refractivity contribution < 1.29 is 4.74 Å². The van der Waals surface area contributed by atoms with Gasteiger partial charge in [0.2, 0.25) is 0 Å². The third-order valence-corrected chi connectivity index (χ3v) is 3.82. The van der Waals surface area contributed by atoms with Gasteiger partial charge in [0.05, 0.1) is 5.02 Å². The molecule has 0 atom stereocenters. The molecule has 2 rings (SSSR count). The summed E-state index contributed by atoms with van der Waals surface area (Å²) in [6.45, 7) is 1.50. The van der Waals surface area contributed by atoms with Gasteiger partial charge < -0.3 is 10.1 Å². The molecule has 0 aliphatic heterocycles. The number of ether oxygens (including phenoxy) is 1. The summed E-state index contributed by atoms with van der Waals surface area (Å²) in [5, 5.41) is 4.73. The van der Waals surface area contributed by atoms with Gasteiger partial charge in [-0.25, -0.2) is 0 Å². The quantitative estimate of drug-likeness (QED) is 0.816. The fourth-order valence-corrected chi connectivity index (χ4v) is 2.79. The lowest BCUT2D eigenvalue weighted by Gasteiger charge is -2.22. The first-order chi connectivity index (χ1) is 8.75. The highest BCUT2D eigenvalue weighted by Gasteiger charge is 2.12. The van der Waals surface area contributed by atoms with Crippen molar-refractivity contribution in [3.05, 3.63) is 28.2 Å². The van der Waals surface area contributed by atoms with E-state index in [1.54, 1.807) is 12.1 Å². The van der Waals surface area contributed by atoms with E-state index >= 15 is 0 Å². The number of nitrogens with one attached hydrogen (secondary N) is 1. The van der Waals surface area contributed by atoms with Crippen LogP contribution in [0, 0.1) is 0 Å². The molecule has 0 bridgehead atoms. The maximum Gasteiger partial charge on any atom is 0.138 e. The van der Waals surface area contributed by atoms with Gasteiger partial charge in [0, 0.05) is 17.6 Å². The van der Waals surface area contributed by atoms with Gasteiger partial charge in [-0.1, -0.05) is 42.5 Å². The number of hydrogen-bond donors (Lipinski definition) is 1. The monoisotopic (exact) mass is 287 g/mol. The highest BCUT2D eigenvalue weighted by atomic mass is 35.5. The summed E-state index contributed by atoms with van der Waals surface area (Å²) in [7, 11) is 0. The van der Waals surface area contributed by atoms with Gasteiger partial charge in [-0.05, 0) is 31.0 Å². The summed E-state index contributed by atoms with van der Waals surface area (Å²) >= 11 is 11.9. The molecule has 4 heteroatoms. The van der Waals surface area contributed by atoms with Crippen LogP contribution in [0.25, 0.3) is 0 Å². The van der Waals surface area contributed by atoms with Crippen molar-refractivity contribution in [3.63, 3.8) is 0 Å². The minimum Gasteiger partial charge on any atom is -0.491 e. The molecule has 1 N–H and O–H groups in total. The summed E-state index contributed by atoms with van der Waals surface area (Å²) in [5.74, 6) is 0.700. The highest BCUT2D eigenvalue weighted by molar-refractivity contribution is 6.35. The molecule has 0 heterocycles. The lowest BCUT2D eigenvalue weighted by molar-refractivity contribution is 0.289. The Morgan fingerprint density at radius 1 is 1.17 bits per heavy atom. The first kappa shape index (κ1) is 14.0. The normalized spacial score (nSPS) is 16.8. The van der Waals surface area contributed by atoms with Gasteiger partial charge in [0.25, 0.3) is 0 Å². The van der Waals surface area contributed by atoms with Crippen LogP contribution in [0.4, 0.5) is 0 Å². The van der Waals surface area contributed by atoms with E-state index in [1.807, 2.05) is 6.07 Å². The van der Waals surface area contributed by atoms with Crippen molar-refractivity contribution in [1.29, 1.82) is 0 Å². The van der Waals surface area contributed by atoms with Crippen LogP contribution in [0.2, 0.25) is 10.0 Å². The molecule has 0 saturated heterocycles. The molecule has 0 aromatic heterocycles. The highest BCUT2D eigenvalue weighted by Crippen LogP contribution is 2.27. The largest absolute Gasteiger partial charge is 0.491 e. The third kappa shape index (κ3) is 4.34. The second-order valence-corrected chi connectivity index (χ2v) is 5.56. The Bertz CT molecular complexity index is 378. The SMILES string of the molecule is Clc1ccc(OCCNC2CCCCC2)c(Cl)c1. The summed E-state index contributed by atoms with van der Waals surface area (Å²) < 4.78 is 5.63. The van der Waals surface area contributed by atoms with Crippen molar-refractivity contribution in [1.82, 2.24) is 5.32 Å². The molecular formula is C14H19Cl2NO. The molecule has 100 valence electrons. The summed E-state index contributed by atoms with van der Waals surface area (Å²) in [6.07, 6.45) is 6.67. The van der Waals surface area contributed by atoms with E-state index in [4.69, 9.17) is 27.9 Å². The molecule has 0 radical (unpaired) electrons. The fourth-order valence-electron chi connectivity index (χ4n) is 2.32. The van der Waals surface area contributed by atoms with Crippen LogP contribution in [0.15, 0.2) is 18.2 Å². The van der Waals surface area contributed by atoms with E-state index in [1.165, 1.54) is 32.1 Å². The van der Waals surface area contributed by atoms with Crippen LogP contribution in [0.5, 0.6) is 5.75 Å². The molecular weight excluding hydrogens is 269 g/mol. The molecule has 1 aliphatic rings. The van der Waals surface area contributed by atoms with Gasteiger partial charge in [0.15, 0.2) is 0 Å². The minimum absolute atomic E-state index is 0.570. The van der Waals surface area contributed by atoms with Gasteiger partial charge >= 0.3 is 0 Å². The second kappa shape index (κ2) is 7.22. The molecule has 1 fully saturated rings. The molecule has 1 aromatic rings. The van der Waals surface area contributed by atoms with E-state index in [0.29, 0.717) is 28.4 Å². The molecule has 0 unspecified atom stereocenters. The smallest absolute Gasteiger partial charge is 0.138 e. The maximum absolute atomic E-state index is 6.03. The van der Waals surface area contributed by atoms with Crippen LogP contribution >= 0.6 is 23.2 Å². The summed E-state index contributed by atoms with van der Waals surface area (Å²) in [4.78, 5) is 0. The van der Waals surface area contributed by atoms with E-state index in [9.17, 15) is 0 Å². The van der Waals surface area contributed by atoms with E-state index in [0.717, 1.165) is 6.54 Å². The Hall–Kier alpha value is -0.440.